The second-order valence-corrected chi connectivity index (χ2v) is 6.12. The SMILES string of the molecule is CCOc1ccccc1CSCC(=O)Nc1ccc(CC)cc1. The van der Waals surface area contributed by atoms with Crippen LogP contribution in [0.4, 0.5) is 5.69 Å². The zero-order valence-corrected chi connectivity index (χ0v) is 14.5. The molecule has 1 amide bonds. The summed E-state index contributed by atoms with van der Waals surface area (Å²) in [5.74, 6) is 2.11. The molecule has 0 atom stereocenters. The minimum absolute atomic E-state index is 0.0214. The number of aryl methyl sites for hydroxylation is 1. The van der Waals surface area contributed by atoms with Crippen molar-refractivity contribution in [2.24, 2.45) is 0 Å². The number of thioether (sulfide) groups is 1. The Morgan fingerprint density at radius 2 is 1.83 bits per heavy atom. The average molecular weight is 329 g/mol. The zero-order chi connectivity index (χ0) is 16.5. The number of para-hydroxylation sites is 1. The van der Waals surface area contributed by atoms with E-state index >= 15 is 0 Å². The lowest BCUT2D eigenvalue weighted by atomic mass is 10.1. The van der Waals surface area contributed by atoms with Gasteiger partial charge >= 0.3 is 0 Å². The lowest BCUT2D eigenvalue weighted by Gasteiger charge is -2.10. The van der Waals surface area contributed by atoms with Gasteiger partial charge in [-0.05, 0) is 37.1 Å². The van der Waals surface area contributed by atoms with E-state index in [4.69, 9.17) is 4.74 Å². The second-order valence-electron chi connectivity index (χ2n) is 5.13. The topological polar surface area (TPSA) is 38.3 Å². The Morgan fingerprint density at radius 1 is 1.09 bits per heavy atom. The average Bonchev–Trinajstić information content (AvgIpc) is 2.57. The summed E-state index contributed by atoms with van der Waals surface area (Å²) in [5.41, 5.74) is 3.24. The number of amides is 1. The minimum Gasteiger partial charge on any atom is -0.494 e. The van der Waals surface area contributed by atoms with Gasteiger partial charge in [0.25, 0.3) is 0 Å². The number of hydrogen-bond acceptors (Lipinski definition) is 3. The Kier molecular flexibility index (Phi) is 7.01. The Bertz CT molecular complexity index is 626. The summed E-state index contributed by atoms with van der Waals surface area (Å²) in [4.78, 5) is 12.0. The molecule has 0 aromatic heterocycles. The Hall–Kier alpha value is -1.94. The number of carbonyl (C=O) groups excluding carboxylic acids is 1. The van der Waals surface area contributed by atoms with Crippen LogP contribution in [0.1, 0.15) is 25.0 Å². The quantitative estimate of drug-likeness (QED) is 0.774. The fraction of sp³-hybridized carbons (Fsp3) is 0.316. The first-order valence-electron chi connectivity index (χ1n) is 7.90. The number of rotatable bonds is 8. The molecule has 0 spiro atoms. The fourth-order valence-corrected chi connectivity index (χ4v) is 3.01. The van der Waals surface area contributed by atoms with Gasteiger partial charge in [-0.1, -0.05) is 37.3 Å². The first-order chi connectivity index (χ1) is 11.2. The van der Waals surface area contributed by atoms with Gasteiger partial charge in [-0.2, -0.15) is 0 Å². The third-order valence-corrected chi connectivity index (χ3v) is 4.39. The van der Waals surface area contributed by atoms with E-state index in [1.165, 1.54) is 5.56 Å². The molecule has 2 aromatic carbocycles. The van der Waals surface area contributed by atoms with E-state index in [0.717, 1.165) is 29.2 Å². The van der Waals surface area contributed by atoms with Gasteiger partial charge < -0.3 is 10.1 Å². The molecular formula is C19H23NO2S. The minimum atomic E-state index is 0.0214. The van der Waals surface area contributed by atoms with Crippen LogP contribution in [-0.2, 0) is 17.0 Å². The summed E-state index contributed by atoms with van der Waals surface area (Å²) in [6, 6.07) is 16.0. The van der Waals surface area contributed by atoms with Gasteiger partial charge in [-0.25, -0.2) is 0 Å². The molecule has 23 heavy (non-hydrogen) atoms. The van der Waals surface area contributed by atoms with Crippen molar-refractivity contribution in [3.63, 3.8) is 0 Å². The molecular weight excluding hydrogens is 306 g/mol. The smallest absolute Gasteiger partial charge is 0.234 e. The summed E-state index contributed by atoms with van der Waals surface area (Å²) in [6.45, 7) is 4.74. The largest absolute Gasteiger partial charge is 0.494 e. The predicted octanol–water partition coefficient (Wildman–Crippen LogP) is 4.52. The van der Waals surface area contributed by atoms with Crippen LogP contribution >= 0.6 is 11.8 Å². The molecule has 0 heterocycles. The molecule has 2 rings (SSSR count). The van der Waals surface area contributed by atoms with E-state index in [9.17, 15) is 4.79 Å². The summed E-state index contributed by atoms with van der Waals surface area (Å²) in [6.07, 6.45) is 1.00. The van der Waals surface area contributed by atoms with E-state index in [1.54, 1.807) is 11.8 Å². The molecule has 2 aromatic rings. The van der Waals surface area contributed by atoms with Crippen LogP contribution in [0, 0.1) is 0 Å². The van der Waals surface area contributed by atoms with Crippen molar-refractivity contribution in [3.05, 3.63) is 59.7 Å². The third kappa shape index (κ3) is 5.64. The van der Waals surface area contributed by atoms with E-state index in [0.29, 0.717) is 12.4 Å². The van der Waals surface area contributed by atoms with Gasteiger partial charge in [-0.3, -0.25) is 4.79 Å². The normalized spacial score (nSPS) is 10.3. The molecule has 0 saturated carbocycles. The molecule has 0 radical (unpaired) electrons. The van der Waals surface area contributed by atoms with E-state index in [-0.39, 0.29) is 5.91 Å². The molecule has 0 fully saturated rings. The molecule has 0 aliphatic carbocycles. The number of hydrogen-bond donors (Lipinski definition) is 1. The third-order valence-electron chi connectivity index (χ3n) is 3.41. The van der Waals surface area contributed by atoms with Gasteiger partial charge in [0, 0.05) is 17.0 Å². The second kappa shape index (κ2) is 9.26. The molecule has 0 bridgehead atoms. The highest BCUT2D eigenvalue weighted by Gasteiger charge is 2.06. The highest BCUT2D eigenvalue weighted by molar-refractivity contribution is 7.99. The monoisotopic (exact) mass is 329 g/mol. The molecule has 0 aliphatic heterocycles. The van der Waals surface area contributed by atoms with Crippen LogP contribution in [-0.4, -0.2) is 18.3 Å². The van der Waals surface area contributed by atoms with Crippen LogP contribution in [0.3, 0.4) is 0 Å². The number of benzene rings is 2. The number of carbonyl (C=O) groups is 1. The maximum atomic E-state index is 12.0. The van der Waals surface area contributed by atoms with Crippen molar-refractivity contribution in [1.29, 1.82) is 0 Å². The van der Waals surface area contributed by atoms with Gasteiger partial charge in [-0.15, -0.1) is 11.8 Å². The lowest BCUT2D eigenvalue weighted by molar-refractivity contribution is -0.113. The summed E-state index contributed by atoms with van der Waals surface area (Å²) in [7, 11) is 0. The Balaban J connectivity index is 1.80. The summed E-state index contributed by atoms with van der Waals surface area (Å²) < 4.78 is 5.60. The Morgan fingerprint density at radius 3 is 2.52 bits per heavy atom. The maximum Gasteiger partial charge on any atom is 0.234 e. The Labute approximate surface area is 142 Å². The first-order valence-corrected chi connectivity index (χ1v) is 9.05. The highest BCUT2D eigenvalue weighted by Crippen LogP contribution is 2.23. The van der Waals surface area contributed by atoms with Gasteiger partial charge in [0.15, 0.2) is 0 Å². The van der Waals surface area contributed by atoms with E-state index in [2.05, 4.69) is 12.2 Å². The van der Waals surface area contributed by atoms with Crippen molar-refractivity contribution in [3.8, 4) is 5.75 Å². The molecule has 4 heteroatoms. The summed E-state index contributed by atoms with van der Waals surface area (Å²) in [5, 5.41) is 2.93. The molecule has 3 nitrogen and oxygen atoms in total. The molecule has 1 N–H and O–H groups in total. The van der Waals surface area contributed by atoms with Gasteiger partial charge in [0.05, 0.1) is 12.4 Å². The predicted molar refractivity (Wildman–Crippen MR) is 98.2 cm³/mol. The molecule has 0 unspecified atom stereocenters. The van der Waals surface area contributed by atoms with Crippen molar-refractivity contribution in [2.45, 2.75) is 26.0 Å². The van der Waals surface area contributed by atoms with Crippen molar-refractivity contribution >= 4 is 23.4 Å². The van der Waals surface area contributed by atoms with E-state index < -0.39 is 0 Å². The summed E-state index contributed by atoms with van der Waals surface area (Å²) >= 11 is 1.59. The van der Waals surface area contributed by atoms with Crippen LogP contribution in [0.2, 0.25) is 0 Å². The van der Waals surface area contributed by atoms with Crippen molar-refractivity contribution < 1.29 is 9.53 Å². The van der Waals surface area contributed by atoms with Crippen molar-refractivity contribution in [2.75, 3.05) is 17.7 Å². The maximum absolute atomic E-state index is 12.0. The highest BCUT2D eigenvalue weighted by atomic mass is 32.2. The van der Waals surface area contributed by atoms with Crippen LogP contribution in [0.5, 0.6) is 5.75 Å². The number of ether oxygens (including phenoxy) is 1. The van der Waals surface area contributed by atoms with Gasteiger partial charge in [0.2, 0.25) is 5.91 Å². The first kappa shape index (κ1) is 17.4. The van der Waals surface area contributed by atoms with Crippen LogP contribution < -0.4 is 10.1 Å². The van der Waals surface area contributed by atoms with Gasteiger partial charge in [0.1, 0.15) is 5.75 Å². The van der Waals surface area contributed by atoms with E-state index in [1.807, 2.05) is 55.5 Å². The molecule has 0 saturated heterocycles. The van der Waals surface area contributed by atoms with Crippen LogP contribution in [0.15, 0.2) is 48.5 Å². The zero-order valence-electron chi connectivity index (χ0n) is 13.7. The molecule has 0 aliphatic rings. The lowest BCUT2D eigenvalue weighted by Crippen LogP contribution is -2.14. The molecule has 122 valence electrons. The van der Waals surface area contributed by atoms with Crippen LogP contribution in [0.25, 0.3) is 0 Å². The van der Waals surface area contributed by atoms with Crippen molar-refractivity contribution in [1.82, 2.24) is 0 Å². The fourth-order valence-electron chi connectivity index (χ4n) is 2.19. The number of nitrogens with one attached hydrogen (secondary N) is 1. The number of anilines is 1. The standard InChI is InChI=1S/C19H23NO2S/c1-3-15-9-11-17(12-10-15)20-19(21)14-23-13-16-7-5-6-8-18(16)22-4-2/h5-12H,3-4,13-14H2,1-2H3,(H,20,21).